The van der Waals surface area contributed by atoms with E-state index in [1.54, 1.807) is 0 Å². The highest BCUT2D eigenvalue weighted by molar-refractivity contribution is 5.82. The molecule has 0 bridgehead atoms. The molecule has 42 heavy (non-hydrogen) atoms. The Labute approximate surface area is 242 Å². The first-order valence-electron chi connectivity index (χ1n) is 15.0. The molecule has 0 N–H and O–H groups in total. The van der Waals surface area contributed by atoms with Gasteiger partial charge in [0, 0.05) is 33.7 Å². The van der Waals surface area contributed by atoms with Gasteiger partial charge in [-0.1, -0.05) is 64.2 Å². The summed E-state index contributed by atoms with van der Waals surface area (Å²) in [6.07, 6.45) is 8.13. The van der Waals surface area contributed by atoms with Crippen LogP contribution in [0.15, 0.2) is 36.2 Å². The first-order chi connectivity index (χ1) is 20.2. The monoisotopic (exact) mass is 588 g/mol. The molecule has 224 valence electrons. The van der Waals surface area contributed by atoms with Crippen molar-refractivity contribution in [3.8, 4) is 22.3 Å². The molecule has 2 aliphatic carbocycles. The standard InChI is InChI=1S/C35H35F7/c1-3-5-6-8-19-9-11-20(12-10-19)30(37)31(38)22-13-14-25(27(36)18-22)26-17-24-16-23-15-21(7-4-2)32(39)34(41)28(23)29(24)35(42)33(26)40/h13-15,17-20H,3-12,16H2,1-2H3/b31-30+. The Hall–Kier alpha value is -3.09. The van der Waals surface area contributed by atoms with Crippen LogP contribution in [0.25, 0.3) is 28.1 Å². The van der Waals surface area contributed by atoms with Crippen LogP contribution in [-0.2, 0) is 12.8 Å². The number of halogens is 7. The summed E-state index contributed by atoms with van der Waals surface area (Å²) in [6, 6.07) is 5.70. The van der Waals surface area contributed by atoms with Crippen LogP contribution in [0.5, 0.6) is 0 Å². The zero-order valence-electron chi connectivity index (χ0n) is 24.0. The highest BCUT2D eigenvalue weighted by Gasteiger charge is 2.33. The highest BCUT2D eigenvalue weighted by atomic mass is 19.2. The third-order valence-corrected chi connectivity index (χ3v) is 8.95. The van der Waals surface area contributed by atoms with E-state index in [0.29, 0.717) is 30.7 Å². The lowest BCUT2D eigenvalue weighted by atomic mass is 9.79. The molecule has 0 spiro atoms. The van der Waals surface area contributed by atoms with Gasteiger partial charge < -0.3 is 0 Å². The van der Waals surface area contributed by atoms with Gasteiger partial charge in [0.05, 0.1) is 0 Å². The van der Waals surface area contributed by atoms with E-state index in [9.17, 15) is 8.78 Å². The summed E-state index contributed by atoms with van der Waals surface area (Å²) < 4.78 is 106. The van der Waals surface area contributed by atoms with Gasteiger partial charge in [-0.25, -0.2) is 30.7 Å². The lowest BCUT2D eigenvalue weighted by Crippen LogP contribution is -2.15. The van der Waals surface area contributed by atoms with Crippen LogP contribution in [0.3, 0.4) is 0 Å². The van der Waals surface area contributed by atoms with Gasteiger partial charge in [0.25, 0.3) is 0 Å². The van der Waals surface area contributed by atoms with Crippen LogP contribution < -0.4 is 0 Å². The fourth-order valence-electron chi connectivity index (χ4n) is 6.66. The average Bonchev–Trinajstić information content (AvgIpc) is 3.36. The van der Waals surface area contributed by atoms with E-state index in [-0.39, 0.29) is 46.2 Å². The minimum atomic E-state index is -1.43. The Kier molecular flexibility index (Phi) is 9.14. The van der Waals surface area contributed by atoms with Crippen LogP contribution >= 0.6 is 0 Å². The minimum absolute atomic E-state index is 0.0198. The third kappa shape index (κ3) is 5.63. The van der Waals surface area contributed by atoms with Gasteiger partial charge in [-0.05, 0) is 73.3 Å². The van der Waals surface area contributed by atoms with Crippen LogP contribution in [0.2, 0.25) is 0 Å². The van der Waals surface area contributed by atoms with Crippen molar-refractivity contribution in [2.24, 2.45) is 11.8 Å². The number of hydrogen-bond donors (Lipinski definition) is 0. The Morgan fingerprint density at radius 1 is 0.714 bits per heavy atom. The number of fused-ring (bicyclic) bond motifs is 3. The summed E-state index contributed by atoms with van der Waals surface area (Å²) in [4.78, 5) is 0. The molecule has 0 amide bonds. The molecular weight excluding hydrogens is 553 g/mol. The van der Waals surface area contributed by atoms with Gasteiger partial charge in [-0.15, -0.1) is 0 Å². The average molecular weight is 589 g/mol. The first-order valence-corrected chi connectivity index (χ1v) is 15.0. The molecule has 0 unspecified atom stereocenters. The normalized spacial score (nSPS) is 18.6. The molecular formula is C35H35F7. The Balaban J connectivity index is 1.41. The van der Waals surface area contributed by atoms with E-state index in [2.05, 4.69) is 6.92 Å². The maximum absolute atomic E-state index is 15.3. The summed E-state index contributed by atoms with van der Waals surface area (Å²) in [6.45, 7) is 3.96. The Morgan fingerprint density at radius 3 is 2.02 bits per heavy atom. The molecule has 0 aliphatic heterocycles. The molecule has 0 nitrogen and oxygen atoms in total. The van der Waals surface area contributed by atoms with Crippen molar-refractivity contribution in [2.75, 3.05) is 0 Å². The lowest BCUT2D eigenvalue weighted by Gasteiger charge is -2.27. The zero-order valence-corrected chi connectivity index (χ0v) is 24.0. The summed E-state index contributed by atoms with van der Waals surface area (Å²) in [7, 11) is 0. The molecule has 0 aromatic heterocycles. The van der Waals surface area contributed by atoms with Crippen LogP contribution in [0.4, 0.5) is 30.7 Å². The molecule has 0 atom stereocenters. The van der Waals surface area contributed by atoms with Crippen molar-refractivity contribution in [1.82, 2.24) is 0 Å². The molecule has 3 aromatic carbocycles. The van der Waals surface area contributed by atoms with Crippen molar-refractivity contribution in [1.29, 1.82) is 0 Å². The van der Waals surface area contributed by atoms with E-state index in [1.165, 1.54) is 18.6 Å². The van der Waals surface area contributed by atoms with Crippen LogP contribution in [0.1, 0.15) is 93.9 Å². The van der Waals surface area contributed by atoms with Crippen molar-refractivity contribution in [3.05, 3.63) is 87.5 Å². The van der Waals surface area contributed by atoms with Crippen LogP contribution in [-0.4, -0.2) is 0 Å². The van der Waals surface area contributed by atoms with Crippen molar-refractivity contribution >= 4 is 5.83 Å². The van der Waals surface area contributed by atoms with Gasteiger partial charge in [0.1, 0.15) is 11.6 Å². The summed E-state index contributed by atoms with van der Waals surface area (Å²) >= 11 is 0. The number of allylic oxidation sites excluding steroid dienone is 1. The second kappa shape index (κ2) is 12.6. The maximum atomic E-state index is 15.3. The van der Waals surface area contributed by atoms with Gasteiger partial charge in [0.2, 0.25) is 0 Å². The predicted octanol–water partition coefficient (Wildman–Crippen LogP) is 11.6. The fourth-order valence-corrected chi connectivity index (χ4v) is 6.66. The molecule has 1 saturated carbocycles. The van der Waals surface area contributed by atoms with Crippen molar-refractivity contribution < 1.29 is 30.7 Å². The maximum Gasteiger partial charge on any atom is 0.167 e. The number of hydrogen-bond acceptors (Lipinski definition) is 0. The molecule has 7 heteroatoms. The minimum Gasteiger partial charge on any atom is -0.208 e. The van der Waals surface area contributed by atoms with E-state index in [0.717, 1.165) is 50.3 Å². The third-order valence-electron chi connectivity index (χ3n) is 8.95. The second-order valence-electron chi connectivity index (χ2n) is 11.8. The molecule has 0 saturated heterocycles. The van der Waals surface area contributed by atoms with Crippen molar-refractivity contribution in [3.63, 3.8) is 0 Å². The van der Waals surface area contributed by atoms with Gasteiger partial charge >= 0.3 is 0 Å². The predicted molar refractivity (Wildman–Crippen MR) is 153 cm³/mol. The van der Waals surface area contributed by atoms with Gasteiger partial charge in [-0.3, -0.25) is 0 Å². The van der Waals surface area contributed by atoms with Crippen molar-refractivity contribution in [2.45, 2.75) is 84.5 Å². The van der Waals surface area contributed by atoms with Gasteiger partial charge in [0.15, 0.2) is 29.1 Å². The lowest BCUT2D eigenvalue weighted by molar-refractivity contribution is 0.258. The summed E-state index contributed by atoms with van der Waals surface area (Å²) in [5.41, 5.74) is -1.09. The smallest absolute Gasteiger partial charge is 0.167 e. The number of rotatable bonds is 9. The van der Waals surface area contributed by atoms with Gasteiger partial charge in [-0.2, -0.15) is 0 Å². The number of aryl methyl sites for hydroxylation is 1. The molecule has 0 radical (unpaired) electrons. The SMILES string of the molecule is CCCCCC1CCC(/C(F)=C(\F)c2ccc(-c3cc4c(c(F)c3F)-c3c(cc(CCC)c(F)c3F)C4)c(F)c2)CC1. The zero-order chi connectivity index (χ0) is 30.1. The molecule has 0 heterocycles. The Morgan fingerprint density at radius 2 is 1.38 bits per heavy atom. The van der Waals surface area contributed by atoms with Crippen LogP contribution in [0, 0.1) is 40.9 Å². The molecule has 3 aromatic rings. The van der Waals surface area contributed by atoms with E-state index in [1.807, 2.05) is 6.92 Å². The van der Waals surface area contributed by atoms with E-state index < -0.39 is 52.2 Å². The molecule has 5 rings (SSSR count). The topological polar surface area (TPSA) is 0 Å². The van der Waals surface area contributed by atoms with E-state index >= 15 is 22.0 Å². The molecule has 1 fully saturated rings. The largest absolute Gasteiger partial charge is 0.208 e. The quantitative estimate of drug-likeness (QED) is 0.135. The number of unbranched alkanes of at least 4 members (excludes halogenated alkanes) is 2. The number of benzene rings is 3. The Bertz CT molecular complexity index is 1510. The molecule has 2 aliphatic rings. The second-order valence-corrected chi connectivity index (χ2v) is 11.8. The first kappa shape index (κ1) is 30.4. The summed E-state index contributed by atoms with van der Waals surface area (Å²) in [5, 5.41) is 0. The fraction of sp³-hybridized carbons (Fsp3) is 0.429. The summed E-state index contributed by atoms with van der Waals surface area (Å²) in [5.74, 6) is -8.30. The van der Waals surface area contributed by atoms with E-state index in [4.69, 9.17) is 0 Å². The highest BCUT2D eigenvalue weighted by Crippen LogP contribution is 2.46.